The molecule has 0 fully saturated rings. The van der Waals surface area contributed by atoms with Crippen LogP contribution in [0.4, 0.5) is 0 Å². The van der Waals surface area contributed by atoms with Gasteiger partial charge in [0.25, 0.3) is 50.8 Å². The van der Waals surface area contributed by atoms with E-state index in [2.05, 4.69) is 9.97 Å². The quantitative estimate of drug-likeness (QED) is 0.0976. The van der Waals surface area contributed by atoms with Crippen molar-refractivity contribution < 1.29 is 77.8 Å². The van der Waals surface area contributed by atoms with Crippen LogP contribution in [0.25, 0.3) is 44.3 Å². The minimum Gasteiger partial charge on any atom is -0.327 e. The molecule has 0 aliphatic heterocycles. The monoisotopic (exact) mass is 790 g/mol. The van der Waals surface area contributed by atoms with Gasteiger partial charge in [-0.1, -0.05) is 24.3 Å². The average Bonchev–Trinajstić information content (AvgIpc) is 3.53. The first-order valence-corrected chi connectivity index (χ1v) is 20.3. The summed E-state index contributed by atoms with van der Waals surface area (Å²) in [5, 5.41) is -2.59. The maximum absolute atomic E-state index is 12.4. The fourth-order valence-electron chi connectivity index (χ4n) is 4.66. The van der Waals surface area contributed by atoms with Crippen LogP contribution in [-0.4, -0.2) is 97.8 Å². The van der Waals surface area contributed by atoms with Crippen LogP contribution in [0.15, 0.2) is 66.3 Å². The summed E-state index contributed by atoms with van der Waals surface area (Å²) in [4.78, 5) is 4.26. The third kappa shape index (κ3) is 6.30. The molecule has 258 valence electrons. The summed E-state index contributed by atoms with van der Waals surface area (Å²) in [6.07, 6.45) is 0. The van der Waals surface area contributed by atoms with Gasteiger partial charge >= 0.3 is 20.2 Å². The standard InChI is InChI=1S/C20H14N4O18S6/c25-43(26,27)15-9(5-11-13(17(15)45(31,32)33)23-19(21-11)47(37,38)39)7-1-2-8(4-3-7)10-6-12-14(24-20(22-12)48(40,41)42)18(46(34,35)36)16(10)44(28,29)30/h1-6H,(H,21,23)(H,22,24)(H,25,26,27)(H,28,29,30)(H,31,32,33)(H,34,35,36)(H,37,38,39)(H,40,41,42). The normalized spacial score (nSPS) is 13.8. The zero-order valence-corrected chi connectivity index (χ0v) is 27.3. The largest absolute Gasteiger partial charge is 0.328 e. The topological polar surface area (TPSA) is 384 Å². The molecule has 2 heterocycles. The average molecular weight is 791 g/mol. The molecule has 5 rings (SSSR count). The lowest BCUT2D eigenvalue weighted by molar-refractivity contribution is 0.467. The highest BCUT2D eigenvalue weighted by Gasteiger charge is 2.35. The summed E-state index contributed by atoms with van der Waals surface area (Å²) in [6, 6.07) is 5.03. The number of rotatable bonds is 8. The molecule has 2 aromatic heterocycles. The first kappa shape index (κ1) is 35.4. The third-order valence-electron chi connectivity index (χ3n) is 6.36. The highest BCUT2D eigenvalue weighted by Crippen LogP contribution is 2.41. The Labute approximate surface area is 268 Å². The van der Waals surface area contributed by atoms with Crippen molar-refractivity contribution in [1.82, 2.24) is 19.9 Å². The second-order valence-corrected chi connectivity index (χ2v) is 17.6. The molecule has 0 aliphatic rings. The lowest BCUT2D eigenvalue weighted by Crippen LogP contribution is -2.11. The van der Waals surface area contributed by atoms with Gasteiger partial charge in [0, 0.05) is 11.1 Å². The summed E-state index contributed by atoms with van der Waals surface area (Å²) in [6.45, 7) is 0. The van der Waals surface area contributed by atoms with Crippen molar-refractivity contribution in [2.24, 2.45) is 0 Å². The number of nitrogens with one attached hydrogen (secondary N) is 2. The maximum Gasteiger partial charge on any atom is 0.328 e. The number of H-pyrrole nitrogens is 2. The highest BCUT2D eigenvalue weighted by molar-refractivity contribution is 7.90. The van der Waals surface area contributed by atoms with E-state index in [1.165, 1.54) is 0 Å². The number of fused-ring (bicyclic) bond motifs is 2. The Bertz CT molecular complexity index is 2710. The Hall–Kier alpha value is -3.94. The Balaban J connectivity index is 1.87. The molecule has 0 saturated carbocycles. The first-order valence-electron chi connectivity index (χ1n) is 11.7. The van der Waals surface area contributed by atoms with Crippen molar-refractivity contribution in [3.05, 3.63) is 36.4 Å². The molecule has 0 aliphatic carbocycles. The smallest absolute Gasteiger partial charge is 0.327 e. The number of hydrogen-bond donors (Lipinski definition) is 8. The predicted octanol–water partition coefficient (Wildman–Crippen LogP) is 0.253. The molecule has 0 unspecified atom stereocenters. The van der Waals surface area contributed by atoms with E-state index in [4.69, 9.17) is 0 Å². The van der Waals surface area contributed by atoms with E-state index < -0.39 is 124 Å². The van der Waals surface area contributed by atoms with E-state index in [0.717, 1.165) is 36.4 Å². The fourth-order valence-corrected chi connectivity index (χ4v) is 9.87. The van der Waals surface area contributed by atoms with Crippen LogP contribution in [0.1, 0.15) is 0 Å². The fraction of sp³-hybridized carbons (Fsp3) is 0. The molecule has 8 N–H and O–H groups in total. The van der Waals surface area contributed by atoms with Gasteiger partial charge in [0.15, 0.2) is 0 Å². The minimum atomic E-state index is -5.67. The van der Waals surface area contributed by atoms with Gasteiger partial charge in [-0.3, -0.25) is 27.3 Å². The van der Waals surface area contributed by atoms with Gasteiger partial charge in [-0.25, -0.2) is 9.97 Å². The maximum atomic E-state index is 12.4. The van der Waals surface area contributed by atoms with E-state index in [9.17, 15) is 77.8 Å². The van der Waals surface area contributed by atoms with E-state index in [-0.39, 0.29) is 11.1 Å². The second kappa shape index (κ2) is 10.8. The highest BCUT2D eigenvalue weighted by atomic mass is 32.2. The minimum absolute atomic E-state index is 0.388. The lowest BCUT2D eigenvalue weighted by atomic mass is 9.99. The molecule has 0 amide bonds. The molecule has 28 heteroatoms. The van der Waals surface area contributed by atoms with Crippen molar-refractivity contribution in [3.63, 3.8) is 0 Å². The van der Waals surface area contributed by atoms with Crippen LogP contribution in [0.2, 0.25) is 0 Å². The van der Waals surface area contributed by atoms with Crippen molar-refractivity contribution in [2.45, 2.75) is 29.9 Å². The van der Waals surface area contributed by atoms with Crippen LogP contribution >= 0.6 is 0 Å². The van der Waals surface area contributed by atoms with Gasteiger partial charge in [-0.2, -0.15) is 50.5 Å². The molecular weight excluding hydrogens is 777 g/mol. The zero-order valence-electron chi connectivity index (χ0n) is 22.4. The van der Waals surface area contributed by atoms with Crippen molar-refractivity contribution in [3.8, 4) is 22.3 Å². The number of aromatic amines is 2. The molecule has 0 atom stereocenters. The third-order valence-corrected chi connectivity index (χ3v) is 11.7. The summed E-state index contributed by atoms with van der Waals surface area (Å²) in [5.74, 6) is 0. The molecule has 0 bridgehead atoms. The van der Waals surface area contributed by atoms with Crippen LogP contribution < -0.4 is 0 Å². The van der Waals surface area contributed by atoms with E-state index in [1.807, 2.05) is 9.97 Å². The van der Waals surface area contributed by atoms with Gasteiger partial charge in [0.1, 0.15) is 30.6 Å². The van der Waals surface area contributed by atoms with Gasteiger partial charge in [-0.15, -0.1) is 0 Å². The van der Waals surface area contributed by atoms with Crippen molar-refractivity contribution in [1.29, 1.82) is 0 Å². The molecule has 0 radical (unpaired) electrons. The number of hydrogen-bond acceptors (Lipinski definition) is 14. The van der Waals surface area contributed by atoms with Gasteiger partial charge in [0.2, 0.25) is 0 Å². The summed E-state index contributed by atoms with van der Waals surface area (Å²) < 4.78 is 204. The number of nitrogens with zero attached hydrogens (tertiary/aromatic N) is 2. The van der Waals surface area contributed by atoms with Crippen LogP contribution in [0.5, 0.6) is 0 Å². The Morgan fingerprint density at radius 2 is 0.688 bits per heavy atom. The van der Waals surface area contributed by atoms with E-state index in [0.29, 0.717) is 0 Å². The summed E-state index contributed by atoms with van der Waals surface area (Å²) in [5.41, 5.74) is -5.66. The van der Waals surface area contributed by atoms with Crippen LogP contribution in [-0.2, 0) is 60.7 Å². The number of benzene rings is 3. The molecular formula is C20H14N4O18S6. The Morgan fingerprint density at radius 3 is 0.917 bits per heavy atom. The van der Waals surface area contributed by atoms with Gasteiger partial charge < -0.3 is 9.97 Å². The SMILES string of the molecule is O=S(=O)(O)c1nc2c(S(=O)(=O)O)c(S(=O)(=O)O)c(-c3ccc(-c4cc5[nH]c(S(=O)(=O)O)nc5c(S(=O)(=O)O)c4S(=O)(=O)O)cc3)cc2[nH]1. The van der Waals surface area contributed by atoms with E-state index >= 15 is 0 Å². The zero-order chi connectivity index (χ0) is 36.2. The van der Waals surface area contributed by atoms with Crippen molar-refractivity contribution in [2.75, 3.05) is 0 Å². The summed E-state index contributed by atoms with van der Waals surface area (Å²) in [7, 11) is -33.0. The first-order chi connectivity index (χ1) is 21.6. The van der Waals surface area contributed by atoms with E-state index in [1.54, 1.807) is 0 Å². The number of imidazole rings is 2. The second-order valence-electron chi connectivity index (χ2n) is 9.47. The van der Waals surface area contributed by atoms with Gasteiger partial charge in [0.05, 0.1) is 11.0 Å². The van der Waals surface area contributed by atoms with Crippen molar-refractivity contribution >= 4 is 82.8 Å². The molecule has 48 heavy (non-hydrogen) atoms. The predicted molar refractivity (Wildman–Crippen MR) is 156 cm³/mol. The molecule has 3 aromatic carbocycles. The number of aromatic nitrogens is 4. The molecule has 5 aromatic rings. The summed E-state index contributed by atoms with van der Waals surface area (Å²) >= 11 is 0. The Morgan fingerprint density at radius 1 is 0.417 bits per heavy atom. The van der Waals surface area contributed by atoms with Crippen LogP contribution in [0.3, 0.4) is 0 Å². The molecule has 0 saturated heterocycles. The Kier molecular flexibility index (Phi) is 7.94. The lowest BCUT2D eigenvalue weighted by Gasteiger charge is -2.14. The van der Waals surface area contributed by atoms with Crippen LogP contribution in [0, 0.1) is 0 Å². The van der Waals surface area contributed by atoms with Gasteiger partial charge in [-0.05, 0) is 23.3 Å². The molecule has 22 nitrogen and oxygen atoms in total. The molecule has 0 spiro atoms.